The van der Waals surface area contributed by atoms with Gasteiger partial charge in [0.25, 0.3) is 5.56 Å². The minimum absolute atomic E-state index is 0.0336. The second kappa shape index (κ2) is 8.39. The number of aromatic nitrogens is 4. The minimum atomic E-state index is -0.0722. The van der Waals surface area contributed by atoms with Crippen molar-refractivity contribution in [2.45, 2.75) is 46.6 Å². The molecule has 3 aromatic heterocycles. The number of rotatable bonds is 7. The molecule has 0 unspecified atom stereocenters. The number of nitrogens with one attached hydrogen (secondary N) is 1. The van der Waals surface area contributed by atoms with Gasteiger partial charge in [-0.3, -0.25) is 18.6 Å². The first-order valence-electron chi connectivity index (χ1n) is 10.2. The molecule has 0 saturated carbocycles. The summed E-state index contributed by atoms with van der Waals surface area (Å²) in [5.41, 5.74) is 2.75. The van der Waals surface area contributed by atoms with E-state index in [1.54, 1.807) is 4.57 Å². The zero-order chi connectivity index (χ0) is 21.3. The van der Waals surface area contributed by atoms with Crippen LogP contribution in [0.15, 0.2) is 40.5 Å². The number of benzene rings is 1. The van der Waals surface area contributed by atoms with E-state index in [1.165, 1.54) is 16.9 Å². The Morgan fingerprint density at radius 1 is 1.23 bits per heavy atom. The highest BCUT2D eigenvalue weighted by molar-refractivity contribution is 7.17. The van der Waals surface area contributed by atoms with Crippen LogP contribution in [0.2, 0.25) is 0 Å². The Hall–Kier alpha value is -3.00. The highest BCUT2D eigenvalue weighted by atomic mass is 32.1. The Labute approximate surface area is 178 Å². The highest BCUT2D eigenvalue weighted by Crippen LogP contribution is 2.21. The summed E-state index contributed by atoms with van der Waals surface area (Å²) in [6.07, 6.45) is 1.64. The zero-order valence-electron chi connectivity index (χ0n) is 17.4. The fourth-order valence-electron chi connectivity index (χ4n) is 3.59. The van der Waals surface area contributed by atoms with Gasteiger partial charge in [0, 0.05) is 25.1 Å². The topological polar surface area (TPSA) is 81.3 Å². The number of nitrogens with zero attached hydrogens (tertiary/aromatic N) is 4. The van der Waals surface area contributed by atoms with Crippen molar-refractivity contribution in [2.75, 3.05) is 5.32 Å². The van der Waals surface area contributed by atoms with Crippen LogP contribution in [-0.2, 0) is 24.2 Å². The molecule has 30 heavy (non-hydrogen) atoms. The fourth-order valence-corrected chi connectivity index (χ4v) is 4.41. The lowest BCUT2D eigenvalue weighted by molar-refractivity contribution is -0.116. The molecule has 1 N–H and O–H groups in total. The van der Waals surface area contributed by atoms with E-state index in [0.717, 1.165) is 17.6 Å². The lowest BCUT2D eigenvalue weighted by Crippen LogP contribution is -2.24. The number of carbonyl (C=O) groups excluding carboxylic acids is 1. The largest absolute Gasteiger partial charge is 0.326 e. The molecule has 0 radical (unpaired) electrons. The molecule has 7 nitrogen and oxygen atoms in total. The van der Waals surface area contributed by atoms with Crippen LogP contribution >= 0.6 is 11.3 Å². The summed E-state index contributed by atoms with van der Waals surface area (Å²) in [6.45, 7) is 6.79. The predicted molar refractivity (Wildman–Crippen MR) is 120 cm³/mol. The average Bonchev–Trinajstić information content (AvgIpc) is 3.36. The van der Waals surface area contributed by atoms with E-state index in [1.807, 2.05) is 40.1 Å². The van der Waals surface area contributed by atoms with Crippen molar-refractivity contribution < 1.29 is 4.79 Å². The highest BCUT2D eigenvalue weighted by Gasteiger charge is 2.18. The molecule has 8 heteroatoms. The normalized spacial score (nSPS) is 11.6. The van der Waals surface area contributed by atoms with Gasteiger partial charge in [0.2, 0.25) is 11.7 Å². The molecule has 0 saturated heterocycles. The number of aryl methyl sites for hydroxylation is 2. The third kappa shape index (κ3) is 3.87. The number of hydrogen-bond donors (Lipinski definition) is 1. The fraction of sp³-hybridized carbons (Fsp3) is 0.364. The van der Waals surface area contributed by atoms with Crippen LogP contribution in [0.4, 0.5) is 5.69 Å². The van der Waals surface area contributed by atoms with Crippen LogP contribution in [0.5, 0.6) is 0 Å². The summed E-state index contributed by atoms with van der Waals surface area (Å²) in [5, 5.41) is 13.5. The maximum atomic E-state index is 12.9. The quantitative estimate of drug-likeness (QED) is 0.489. The van der Waals surface area contributed by atoms with E-state index >= 15 is 0 Å². The van der Waals surface area contributed by atoms with Crippen LogP contribution < -0.4 is 10.9 Å². The first-order valence-corrected chi connectivity index (χ1v) is 11.1. The van der Waals surface area contributed by atoms with Crippen LogP contribution in [0, 0.1) is 5.92 Å². The van der Waals surface area contributed by atoms with Crippen LogP contribution in [0.25, 0.3) is 16.0 Å². The molecule has 4 rings (SSSR count). The first-order chi connectivity index (χ1) is 14.5. The van der Waals surface area contributed by atoms with Crippen LogP contribution in [-0.4, -0.2) is 25.1 Å². The van der Waals surface area contributed by atoms with E-state index < -0.39 is 0 Å². The monoisotopic (exact) mass is 423 g/mol. The van der Waals surface area contributed by atoms with Crippen molar-refractivity contribution in [3.8, 4) is 0 Å². The molecule has 0 atom stereocenters. The summed E-state index contributed by atoms with van der Waals surface area (Å²) in [7, 11) is 0. The average molecular weight is 424 g/mol. The van der Waals surface area contributed by atoms with Gasteiger partial charge in [0.15, 0.2) is 0 Å². The second-order valence-corrected chi connectivity index (χ2v) is 8.71. The van der Waals surface area contributed by atoms with Gasteiger partial charge >= 0.3 is 0 Å². The molecule has 0 bridgehead atoms. The molecule has 4 aromatic rings. The third-order valence-corrected chi connectivity index (χ3v) is 5.91. The van der Waals surface area contributed by atoms with Crippen molar-refractivity contribution in [3.63, 3.8) is 0 Å². The molecule has 0 aliphatic heterocycles. The van der Waals surface area contributed by atoms with Crippen LogP contribution in [0.1, 0.15) is 38.6 Å². The Bertz CT molecular complexity index is 1270. The van der Waals surface area contributed by atoms with Gasteiger partial charge in [0.1, 0.15) is 10.5 Å². The molecule has 1 aromatic carbocycles. The second-order valence-electron chi connectivity index (χ2n) is 7.80. The van der Waals surface area contributed by atoms with E-state index in [4.69, 9.17) is 0 Å². The number of fused-ring (bicyclic) bond motifs is 3. The standard InChI is InChI=1S/C22H25N5O2S/c1-4-15-6-5-7-16(12-15)23-19(28)9-8-18-24-25-22-26(13-14(2)3)21(29)20-17(27(18)22)10-11-30-20/h5-7,10-12,14H,4,8-9,13H2,1-3H3,(H,23,28). The SMILES string of the molecule is CCc1cccc(NC(=O)CCc2nnc3n(CC(C)C)c(=O)c4sccc4n23)c1. The number of carbonyl (C=O) groups is 1. The maximum absolute atomic E-state index is 12.9. The smallest absolute Gasteiger partial charge is 0.272 e. The van der Waals surface area contributed by atoms with Crippen molar-refractivity contribution in [2.24, 2.45) is 5.92 Å². The summed E-state index contributed by atoms with van der Waals surface area (Å²) in [5.74, 6) is 1.44. The number of amides is 1. The van der Waals surface area contributed by atoms with E-state index in [0.29, 0.717) is 35.2 Å². The molecule has 0 aliphatic rings. The van der Waals surface area contributed by atoms with Gasteiger partial charge in [-0.05, 0) is 41.5 Å². The molecule has 0 fully saturated rings. The Morgan fingerprint density at radius 2 is 2.07 bits per heavy atom. The summed E-state index contributed by atoms with van der Waals surface area (Å²) < 4.78 is 4.29. The molecule has 3 heterocycles. The molecular weight excluding hydrogens is 398 g/mol. The molecule has 0 spiro atoms. The molecule has 0 aliphatic carbocycles. The van der Waals surface area contributed by atoms with Gasteiger partial charge in [0.05, 0.1) is 5.52 Å². The third-order valence-electron chi connectivity index (χ3n) is 5.02. The first kappa shape index (κ1) is 20.3. The van der Waals surface area contributed by atoms with Crippen molar-refractivity contribution in [1.29, 1.82) is 0 Å². The van der Waals surface area contributed by atoms with Gasteiger partial charge in [-0.2, -0.15) is 0 Å². The Balaban J connectivity index is 1.61. The van der Waals surface area contributed by atoms with E-state index in [-0.39, 0.29) is 17.9 Å². The van der Waals surface area contributed by atoms with E-state index in [9.17, 15) is 9.59 Å². The number of anilines is 1. The Morgan fingerprint density at radius 3 is 2.83 bits per heavy atom. The van der Waals surface area contributed by atoms with Crippen molar-refractivity contribution >= 4 is 38.9 Å². The lowest BCUT2D eigenvalue weighted by Gasteiger charge is -2.11. The predicted octanol–water partition coefficient (Wildman–Crippen LogP) is 3.90. The van der Waals surface area contributed by atoms with Gasteiger partial charge in [-0.25, -0.2) is 0 Å². The summed E-state index contributed by atoms with van der Waals surface area (Å²) >= 11 is 1.42. The van der Waals surface area contributed by atoms with Crippen LogP contribution in [0.3, 0.4) is 0 Å². The van der Waals surface area contributed by atoms with E-state index in [2.05, 4.69) is 36.3 Å². The van der Waals surface area contributed by atoms with Gasteiger partial charge < -0.3 is 5.32 Å². The minimum Gasteiger partial charge on any atom is -0.326 e. The Kier molecular flexibility index (Phi) is 5.67. The summed E-state index contributed by atoms with van der Waals surface area (Å²) in [6, 6.07) is 9.78. The van der Waals surface area contributed by atoms with Crippen molar-refractivity contribution in [1.82, 2.24) is 19.2 Å². The maximum Gasteiger partial charge on any atom is 0.272 e. The number of thiophene rings is 1. The van der Waals surface area contributed by atoms with Crippen molar-refractivity contribution in [3.05, 3.63) is 57.5 Å². The van der Waals surface area contributed by atoms with Gasteiger partial charge in [-0.1, -0.05) is 32.9 Å². The zero-order valence-corrected chi connectivity index (χ0v) is 18.2. The summed E-state index contributed by atoms with van der Waals surface area (Å²) in [4.78, 5) is 25.4. The molecule has 156 valence electrons. The molecule has 1 amide bonds. The molecular formula is C22H25N5O2S. The number of hydrogen-bond acceptors (Lipinski definition) is 5. The lowest BCUT2D eigenvalue weighted by atomic mass is 10.1. The van der Waals surface area contributed by atoms with Gasteiger partial charge in [-0.15, -0.1) is 21.5 Å².